The van der Waals surface area contributed by atoms with Crippen molar-refractivity contribution in [1.29, 1.82) is 0 Å². The molecular formula is C10H11F3O2. The van der Waals surface area contributed by atoms with Crippen molar-refractivity contribution in [1.82, 2.24) is 0 Å². The third kappa shape index (κ3) is 2.41. The summed E-state index contributed by atoms with van der Waals surface area (Å²) in [6.45, 7) is 2.96. The second-order valence-corrected chi connectivity index (χ2v) is 3.45. The maximum absolute atomic E-state index is 12.2. The molecule has 1 atom stereocenters. The van der Waals surface area contributed by atoms with Gasteiger partial charge in [-0.15, -0.1) is 0 Å². The number of aliphatic hydroxyl groups is 1. The Kier molecular flexibility index (Phi) is 2.95. The lowest BCUT2D eigenvalue weighted by atomic mass is 10.0. The molecule has 5 heteroatoms. The summed E-state index contributed by atoms with van der Waals surface area (Å²) in [5.74, 6) is -0.0480. The Hall–Kier alpha value is -1.23. The molecule has 0 amide bonds. The Balaban J connectivity index is 3.17. The van der Waals surface area contributed by atoms with Gasteiger partial charge in [-0.1, -0.05) is 0 Å². The lowest BCUT2D eigenvalue weighted by molar-refractivity contribution is -0.206. The van der Waals surface area contributed by atoms with Gasteiger partial charge in [-0.25, -0.2) is 0 Å². The van der Waals surface area contributed by atoms with E-state index in [1.807, 2.05) is 0 Å². The van der Waals surface area contributed by atoms with Crippen LogP contribution in [0.25, 0.3) is 0 Å². The maximum Gasteiger partial charge on any atom is 0.418 e. The van der Waals surface area contributed by atoms with Gasteiger partial charge in [0.2, 0.25) is 0 Å². The average Bonchev–Trinajstić information content (AvgIpc) is 2.10. The van der Waals surface area contributed by atoms with Crippen molar-refractivity contribution in [3.63, 3.8) is 0 Å². The molecule has 0 aliphatic rings. The Morgan fingerprint density at radius 1 is 1.13 bits per heavy atom. The third-order valence-electron chi connectivity index (χ3n) is 2.14. The summed E-state index contributed by atoms with van der Waals surface area (Å²) >= 11 is 0. The van der Waals surface area contributed by atoms with Gasteiger partial charge in [0.25, 0.3) is 0 Å². The molecule has 0 heterocycles. The molecular weight excluding hydrogens is 209 g/mol. The summed E-state index contributed by atoms with van der Waals surface area (Å²) in [6.07, 6.45) is -7.19. The van der Waals surface area contributed by atoms with Gasteiger partial charge < -0.3 is 10.2 Å². The molecule has 0 spiro atoms. The number of aliphatic hydroxyl groups excluding tert-OH is 1. The molecule has 2 N–H and O–H groups in total. The first kappa shape index (κ1) is 11.8. The van der Waals surface area contributed by atoms with Gasteiger partial charge in [-0.2, -0.15) is 13.2 Å². The molecule has 0 unspecified atom stereocenters. The molecule has 0 bridgehead atoms. The van der Waals surface area contributed by atoms with Gasteiger partial charge in [0.05, 0.1) is 0 Å². The zero-order valence-corrected chi connectivity index (χ0v) is 8.26. The first-order chi connectivity index (χ1) is 6.73. The quantitative estimate of drug-likeness (QED) is 0.763. The maximum atomic E-state index is 12.2. The Morgan fingerprint density at radius 2 is 1.53 bits per heavy atom. The molecule has 1 rings (SSSR count). The molecule has 0 aromatic heterocycles. The van der Waals surface area contributed by atoms with Crippen LogP contribution in [0, 0.1) is 13.8 Å². The van der Waals surface area contributed by atoms with E-state index >= 15 is 0 Å². The fraction of sp³-hybridized carbons (Fsp3) is 0.400. The predicted octanol–water partition coefficient (Wildman–Crippen LogP) is 2.60. The van der Waals surface area contributed by atoms with E-state index in [-0.39, 0.29) is 11.3 Å². The number of rotatable bonds is 1. The first-order valence-corrected chi connectivity index (χ1v) is 4.28. The summed E-state index contributed by atoms with van der Waals surface area (Å²) < 4.78 is 36.6. The standard InChI is InChI=1S/C10H11F3O2/c1-5-3-7(4-6(2)8(5)14)9(15)10(11,12)13/h3-4,9,14-15H,1-2H3/t9-/m1/s1. The number of alkyl halides is 3. The van der Waals surface area contributed by atoms with E-state index in [0.29, 0.717) is 11.1 Å². The number of halogens is 3. The molecule has 2 nitrogen and oxygen atoms in total. The van der Waals surface area contributed by atoms with Crippen molar-refractivity contribution in [3.05, 3.63) is 28.8 Å². The number of hydrogen-bond acceptors (Lipinski definition) is 2. The minimum Gasteiger partial charge on any atom is -0.507 e. The van der Waals surface area contributed by atoms with Gasteiger partial charge in [-0.3, -0.25) is 0 Å². The molecule has 0 saturated heterocycles. The molecule has 1 aromatic rings. The lowest BCUT2D eigenvalue weighted by Crippen LogP contribution is -2.20. The van der Waals surface area contributed by atoms with Gasteiger partial charge >= 0.3 is 6.18 Å². The Bertz CT molecular complexity index is 348. The van der Waals surface area contributed by atoms with E-state index in [0.717, 1.165) is 12.1 Å². The second kappa shape index (κ2) is 3.73. The van der Waals surface area contributed by atoms with Gasteiger partial charge in [0.1, 0.15) is 5.75 Å². The predicted molar refractivity (Wildman–Crippen MR) is 48.6 cm³/mol. The highest BCUT2D eigenvalue weighted by atomic mass is 19.4. The van der Waals surface area contributed by atoms with Gasteiger partial charge in [0, 0.05) is 0 Å². The van der Waals surface area contributed by atoms with E-state index in [1.54, 1.807) is 0 Å². The SMILES string of the molecule is Cc1cc([C@@H](O)C(F)(F)F)cc(C)c1O. The molecule has 0 aliphatic heterocycles. The highest BCUT2D eigenvalue weighted by Gasteiger charge is 2.39. The van der Waals surface area contributed by atoms with Crippen LogP contribution in [0.15, 0.2) is 12.1 Å². The minimum atomic E-state index is -4.68. The number of phenols is 1. The number of aryl methyl sites for hydroxylation is 2. The van der Waals surface area contributed by atoms with Crippen molar-refractivity contribution >= 4 is 0 Å². The van der Waals surface area contributed by atoms with Crippen LogP contribution in [0.3, 0.4) is 0 Å². The smallest absolute Gasteiger partial charge is 0.418 e. The Labute approximate surface area is 85.0 Å². The van der Waals surface area contributed by atoms with Crippen molar-refractivity contribution < 1.29 is 23.4 Å². The Morgan fingerprint density at radius 3 is 1.87 bits per heavy atom. The van der Waals surface area contributed by atoms with Gasteiger partial charge in [-0.05, 0) is 42.7 Å². The van der Waals surface area contributed by atoms with Crippen LogP contribution >= 0.6 is 0 Å². The highest BCUT2D eigenvalue weighted by molar-refractivity contribution is 5.43. The molecule has 0 aliphatic carbocycles. The number of aromatic hydroxyl groups is 1. The van der Waals surface area contributed by atoms with Crippen LogP contribution in [-0.2, 0) is 0 Å². The number of benzene rings is 1. The van der Waals surface area contributed by atoms with Crippen molar-refractivity contribution in [3.8, 4) is 5.75 Å². The van der Waals surface area contributed by atoms with Gasteiger partial charge in [0.15, 0.2) is 6.10 Å². The second-order valence-electron chi connectivity index (χ2n) is 3.45. The third-order valence-corrected chi connectivity index (χ3v) is 2.14. The van der Waals surface area contributed by atoms with Crippen molar-refractivity contribution in [2.24, 2.45) is 0 Å². The summed E-state index contributed by atoms with van der Waals surface area (Å²) in [4.78, 5) is 0. The summed E-state index contributed by atoms with van der Waals surface area (Å²) in [5, 5.41) is 18.3. The van der Waals surface area contributed by atoms with Crippen molar-refractivity contribution in [2.45, 2.75) is 26.1 Å². The van der Waals surface area contributed by atoms with Crippen molar-refractivity contribution in [2.75, 3.05) is 0 Å². The largest absolute Gasteiger partial charge is 0.507 e. The fourth-order valence-corrected chi connectivity index (χ4v) is 1.34. The number of phenolic OH excluding ortho intramolecular Hbond substituents is 1. The molecule has 0 saturated carbocycles. The minimum absolute atomic E-state index is 0.0480. The van der Waals surface area contributed by atoms with E-state index in [1.165, 1.54) is 13.8 Å². The molecule has 84 valence electrons. The normalized spacial score (nSPS) is 14.0. The van der Waals surface area contributed by atoms with Crippen LogP contribution in [0.2, 0.25) is 0 Å². The fourth-order valence-electron chi connectivity index (χ4n) is 1.34. The molecule has 0 fully saturated rings. The number of hydrogen-bond donors (Lipinski definition) is 2. The first-order valence-electron chi connectivity index (χ1n) is 4.28. The summed E-state index contributed by atoms with van der Waals surface area (Å²) in [6, 6.07) is 2.25. The molecule has 15 heavy (non-hydrogen) atoms. The summed E-state index contributed by atoms with van der Waals surface area (Å²) in [5.41, 5.74) is 0.372. The summed E-state index contributed by atoms with van der Waals surface area (Å²) in [7, 11) is 0. The van der Waals surface area contributed by atoms with Crippen LogP contribution < -0.4 is 0 Å². The topological polar surface area (TPSA) is 40.5 Å². The van der Waals surface area contributed by atoms with E-state index in [2.05, 4.69) is 0 Å². The van der Waals surface area contributed by atoms with Crippen LogP contribution in [0.4, 0.5) is 13.2 Å². The molecule has 1 aromatic carbocycles. The lowest BCUT2D eigenvalue weighted by Gasteiger charge is -2.16. The van der Waals surface area contributed by atoms with E-state index < -0.39 is 12.3 Å². The van der Waals surface area contributed by atoms with E-state index in [9.17, 15) is 18.3 Å². The van der Waals surface area contributed by atoms with Crippen LogP contribution in [0.1, 0.15) is 22.8 Å². The highest BCUT2D eigenvalue weighted by Crippen LogP contribution is 2.35. The van der Waals surface area contributed by atoms with E-state index in [4.69, 9.17) is 5.11 Å². The van der Waals surface area contributed by atoms with Crippen LogP contribution in [0.5, 0.6) is 5.75 Å². The van der Waals surface area contributed by atoms with Crippen LogP contribution in [-0.4, -0.2) is 16.4 Å². The molecule has 0 radical (unpaired) electrons. The zero-order chi connectivity index (χ0) is 11.8. The zero-order valence-electron chi connectivity index (χ0n) is 8.26. The monoisotopic (exact) mass is 220 g/mol. The average molecular weight is 220 g/mol.